The van der Waals surface area contributed by atoms with Gasteiger partial charge in [0, 0.05) is 13.1 Å². The predicted molar refractivity (Wildman–Crippen MR) is 99.5 cm³/mol. The summed E-state index contributed by atoms with van der Waals surface area (Å²) in [6.07, 6.45) is 0.505. The highest BCUT2D eigenvalue weighted by Crippen LogP contribution is 2.35. The molecule has 28 heavy (non-hydrogen) atoms. The molecular formula is C19H25N5O4. The number of hydrogen-bond donors (Lipinski definition) is 1. The van der Waals surface area contributed by atoms with E-state index in [0.29, 0.717) is 19.8 Å². The summed E-state index contributed by atoms with van der Waals surface area (Å²) in [4.78, 5) is 14.2. The highest BCUT2D eigenvalue weighted by Gasteiger charge is 2.50. The minimum Gasteiger partial charge on any atom is -0.441 e. The molecule has 0 spiro atoms. The van der Waals surface area contributed by atoms with Gasteiger partial charge in [0.1, 0.15) is 18.2 Å². The third-order valence-electron chi connectivity index (χ3n) is 4.90. The fourth-order valence-corrected chi connectivity index (χ4v) is 3.59. The van der Waals surface area contributed by atoms with Gasteiger partial charge < -0.3 is 24.4 Å². The Balaban J connectivity index is 1.31. The third-order valence-corrected chi connectivity index (χ3v) is 4.90. The van der Waals surface area contributed by atoms with Crippen LogP contribution in [0.2, 0.25) is 0 Å². The van der Waals surface area contributed by atoms with Gasteiger partial charge in [-0.3, -0.25) is 0 Å². The molecule has 3 heterocycles. The first-order chi connectivity index (χ1) is 13.6. The highest BCUT2D eigenvalue weighted by atomic mass is 16.6. The van der Waals surface area contributed by atoms with E-state index >= 15 is 0 Å². The van der Waals surface area contributed by atoms with E-state index < -0.39 is 12.2 Å². The molecule has 2 saturated heterocycles. The van der Waals surface area contributed by atoms with Crippen molar-refractivity contribution in [1.29, 1.82) is 0 Å². The third kappa shape index (κ3) is 4.16. The summed E-state index contributed by atoms with van der Waals surface area (Å²) in [5.41, 5.74) is 1.90. The van der Waals surface area contributed by atoms with E-state index in [1.807, 2.05) is 55.5 Å². The van der Waals surface area contributed by atoms with Crippen LogP contribution in [0.5, 0.6) is 0 Å². The number of carbonyl (C=O) groups is 1. The van der Waals surface area contributed by atoms with Crippen molar-refractivity contribution in [2.75, 3.05) is 27.3 Å². The molecule has 0 aliphatic carbocycles. The van der Waals surface area contributed by atoms with Gasteiger partial charge in [-0.15, -0.1) is 5.10 Å². The Hall–Kier alpha value is -2.49. The van der Waals surface area contributed by atoms with Crippen LogP contribution in [0, 0.1) is 0 Å². The maximum absolute atomic E-state index is 12.1. The van der Waals surface area contributed by atoms with Crippen LogP contribution in [0.3, 0.4) is 0 Å². The number of rotatable bonds is 6. The van der Waals surface area contributed by atoms with Crippen molar-refractivity contribution in [2.24, 2.45) is 0 Å². The van der Waals surface area contributed by atoms with Crippen molar-refractivity contribution in [3.05, 3.63) is 47.8 Å². The molecule has 150 valence electrons. The highest BCUT2D eigenvalue weighted by molar-refractivity contribution is 5.67. The van der Waals surface area contributed by atoms with E-state index in [-0.39, 0.29) is 18.2 Å². The van der Waals surface area contributed by atoms with Gasteiger partial charge in [-0.05, 0) is 19.7 Å². The fourth-order valence-electron chi connectivity index (χ4n) is 3.59. The molecule has 2 aliphatic rings. The molecule has 0 saturated carbocycles. The number of benzene rings is 1. The Morgan fingerprint density at radius 2 is 2.04 bits per heavy atom. The standard InChI is InChI=1S/C19H25N5O4/c1-23(2)9-14-10-24(22-21-14)15-11-26-18-16(12-27-17(15)18)28-19(25)20-8-13-6-4-3-5-7-13/h3-7,10,15-18H,8-9,11-12H2,1-2H3,(H,20,25). The molecule has 1 aromatic carbocycles. The molecule has 1 N–H and O–H groups in total. The van der Waals surface area contributed by atoms with Gasteiger partial charge in [-0.25, -0.2) is 9.48 Å². The second-order valence-corrected chi connectivity index (χ2v) is 7.37. The van der Waals surface area contributed by atoms with Crippen molar-refractivity contribution in [3.63, 3.8) is 0 Å². The minimum absolute atomic E-state index is 0.0746. The first-order valence-electron chi connectivity index (χ1n) is 9.37. The lowest BCUT2D eigenvalue weighted by Gasteiger charge is -2.17. The zero-order chi connectivity index (χ0) is 19.5. The predicted octanol–water partition coefficient (Wildman–Crippen LogP) is 0.973. The molecule has 1 amide bonds. The number of hydrogen-bond acceptors (Lipinski definition) is 7. The number of aromatic nitrogens is 3. The molecular weight excluding hydrogens is 362 g/mol. The number of fused-ring (bicyclic) bond motifs is 1. The summed E-state index contributed by atoms with van der Waals surface area (Å²) in [5, 5.41) is 11.2. The van der Waals surface area contributed by atoms with E-state index in [1.54, 1.807) is 4.68 Å². The second kappa shape index (κ2) is 8.26. The summed E-state index contributed by atoms with van der Waals surface area (Å²) in [5.74, 6) is 0. The van der Waals surface area contributed by atoms with Gasteiger partial charge in [0.25, 0.3) is 0 Å². The summed E-state index contributed by atoms with van der Waals surface area (Å²) in [7, 11) is 3.97. The lowest BCUT2D eigenvalue weighted by atomic mass is 10.1. The lowest BCUT2D eigenvalue weighted by molar-refractivity contribution is 0.00287. The first kappa shape index (κ1) is 18.9. The van der Waals surface area contributed by atoms with Crippen LogP contribution in [0.15, 0.2) is 36.5 Å². The smallest absolute Gasteiger partial charge is 0.407 e. The summed E-state index contributed by atoms with van der Waals surface area (Å²) in [6.45, 7) is 1.89. The molecule has 4 unspecified atom stereocenters. The Morgan fingerprint density at radius 1 is 1.25 bits per heavy atom. The van der Waals surface area contributed by atoms with E-state index in [1.165, 1.54) is 0 Å². The molecule has 9 heteroatoms. The molecule has 4 rings (SSSR count). The zero-order valence-corrected chi connectivity index (χ0v) is 16.0. The average molecular weight is 387 g/mol. The number of ether oxygens (including phenoxy) is 3. The van der Waals surface area contributed by atoms with Gasteiger partial charge >= 0.3 is 6.09 Å². The van der Waals surface area contributed by atoms with Crippen LogP contribution < -0.4 is 5.32 Å². The molecule has 1 aromatic heterocycles. The van der Waals surface area contributed by atoms with Gasteiger partial charge in [0.05, 0.1) is 25.1 Å². The van der Waals surface area contributed by atoms with E-state index in [4.69, 9.17) is 14.2 Å². The van der Waals surface area contributed by atoms with Crippen LogP contribution in [0.25, 0.3) is 0 Å². The fraction of sp³-hybridized carbons (Fsp3) is 0.526. The van der Waals surface area contributed by atoms with E-state index in [0.717, 1.165) is 17.8 Å². The topological polar surface area (TPSA) is 90.7 Å². The molecule has 0 radical (unpaired) electrons. The number of carbonyl (C=O) groups excluding carboxylic acids is 1. The van der Waals surface area contributed by atoms with Crippen LogP contribution in [0.1, 0.15) is 17.3 Å². The summed E-state index contributed by atoms with van der Waals surface area (Å²) in [6, 6.07) is 9.61. The summed E-state index contributed by atoms with van der Waals surface area (Å²) < 4.78 is 19.1. The van der Waals surface area contributed by atoms with E-state index in [2.05, 4.69) is 15.6 Å². The normalized spacial score (nSPS) is 26.4. The molecule has 9 nitrogen and oxygen atoms in total. The molecule has 2 aliphatic heterocycles. The Labute approximate surface area is 163 Å². The van der Waals surface area contributed by atoms with Crippen molar-refractivity contribution in [1.82, 2.24) is 25.2 Å². The molecule has 2 aromatic rings. The van der Waals surface area contributed by atoms with Gasteiger partial charge in [-0.1, -0.05) is 35.5 Å². The number of alkyl carbamates (subject to hydrolysis) is 1. The van der Waals surface area contributed by atoms with E-state index in [9.17, 15) is 4.79 Å². The van der Waals surface area contributed by atoms with Crippen molar-refractivity contribution in [2.45, 2.75) is 37.4 Å². The maximum Gasteiger partial charge on any atom is 0.407 e. The molecule has 0 bridgehead atoms. The number of amides is 1. The largest absolute Gasteiger partial charge is 0.441 e. The minimum atomic E-state index is -0.473. The van der Waals surface area contributed by atoms with Crippen LogP contribution >= 0.6 is 0 Å². The average Bonchev–Trinajstić information content (AvgIpc) is 3.38. The van der Waals surface area contributed by atoms with Crippen molar-refractivity contribution >= 4 is 6.09 Å². The van der Waals surface area contributed by atoms with Crippen LogP contribution in [-0.4, -0.2) is 71.6 Å². The van der Waals surface area contributed by atoms with Crippen molar-refractivity contribution < 1.29 is 19.0 Å². The van der Waals surface area contributed by atoms with Gasteiger partial charge in [-0.2, -0.15) is 0 Å². The van der Waals surface area contributed by atoms with Gasteiger partial charge in [0.15, 0.2) is 6.10 Å². The SMILES string of the molecule is CN(C)Cc1cn(C2COC3C(OC(=O)NCc4ccccc4)COC32)nn1. The van der Waals surface area contributed by atoms with Crippen molar-refractivity contribution in [3.8, 4) is 0 Å². The summed E-state index contributed by atoms with van der Waals surface area (Å²) >= 11 is 0. The number of nitrogens with one attached hydrogen (secondary N) is 1. The number of nitrogens with zero attached hydrogens (tertiary/aromatic N) is 4. The van der Waals surface area contributed by atoms with Crippen LogP contribution in [-0.2, 0) is 27.3 Å². The quantitative estimate of drug-likeness (QED) is 0.790. The first-order valence-corrected chi connectivity index (χ1v) is 9.37. The zero-order valence-electron chi connectivity index (χ0n) is 16.0. The van der Waals surface area contributed by atoms with Crippen LogP contribution in [0.4, 0.5) is 4.79 Å². The Morgan fingerprint density at radius 3 is 2.82 bits per heavy atom. The monoisotopic (exact) mass is 387 g/mol. The lowest BCUT2D eigenvalue weighted by Crippen LogP contribution is -2.36. The Kier molecular flexibility index (Phi) is 5.56. The maximum atomic E-state index is 12.1. The Bertz CT molecular complexity index is 797. The van der Waals surface area contributed by atoms with Gasteiger partial charge in [0.2, 0.25) is 0 Å². The second-order valence-electron chi connectivity index (χ2n) is 7.37. The molecule has 2 fully saturated rings. The molecule has 4 atom stereocenters.